The first kappa shape index (κ1) is 16.6. The second kappa shape index (κ2) is 9.71. The number of hydrogen-bond acceptors (Lipinski definition) is 3. The van der Waals surface area contributed by atoms with Crippen molar-refractivity contribution in [1.29, 1.82) is 0 Å². The molecule has 5 nitrogen and oxygen atoms in total. The van der Waals surface area contributed by atoms with Crippen LogP contribution in [0.15, 0.2) is 0 Å². The molecule has 0 saturated heterocycles. The summed E-state index contributed by atoms with van der Waals surface area (Å²) in [6, 6.07) is 0. The molecule has 2 N–H and O–H groups in total. The van der Waals surface area contributed by atoms with E-state index in [4.69, 9.17) is 5.11 Å². The molecule has 0 saturated carbocycles. The molecule has 0 bridgehead atoms. The first-order chi connectivity index (χ1) is 7.43. The van der Waals surface area contributed by atoms with Crippen molar-refractivity contribution >= 4 is 17.7 Å². The molecule has 5 heteroatoms. The van der Waals surface area contributed by atoms with Gasteiger partial charge in [-0.25, -0.2) is 0 Å². The summed E-state index contributed by atoms with van der Waals surface area (Å²) < 4.78 is 0. The zero-order valence-corrected chi connectivity index (χ0v) is 9.53. The molecule has 0 unspecified atom stereocenters. The Morgan fingerprint density at radius 1 is 1.19 bits per heavy atom. The summed E-state index contributed by atoms with van der Waals surface area (Å²) >= 11 is 0. The van der Waals surface area contributed by atoms with E-state index >= 15 is 0 Å². The van der Waals surface area contributed by atoms with Gasteiger partial charge in [-0.3, -0.25) is 14.4 Å². The van der Waals surface area contributed by atoms with E-state index in [1.807, 2.05) is 0 Å². The Bertz CT molecular complexity index is 268. The van der Waals surface area contributed by atoms with Gasteiger partial charge in [0.15, 0.2) is 5.78 Å². The second-order valence-electron chi connectivity index (χ2n) is 3.29. The lowest BCUT2D eigenvalue weighted by Gasteiger charge is -2.05. The molecule has 0 spiro atoms. The third-order valence-corrected chi connectivity index (χ3v) is 1.67. The van der Waals surface area contributed by atoms with Gasteiger partial charge >= 0.3 is 5.97 Å². The molecule has 0 radical (unpaired) electrons. The van der Waals surface area contributed by atoms with Crippen LogP contribution < -0.4 is 5.32 Å². The number of carboxylic acids is 1. The Labute approximate surface area is 95.2 Å². The Morgan fingerprint density at radius 3 is 2.06 bits per heavy atom. The molecular weight excluding hydrogens is 210 g/mol. The number of carboxylic acid groups (broad SMARTS) is 1. The Balaban J connectivity index is 0. The predicted molar refractivity (Wildman–Crippen MR) is 59.6 cm³/mol. The lowest BCUT2D eigenvalue weighted by molar-refractivity contribution is -0.138. The van der Waals surface area contributed by atoms with Gasteiger partial charge in [-0.05, 0) is 0 Å². The Kier molecular flexibility index (Phi) is 10.1. The maximum absolute atomic E-state index is 11.1. The van der Waals surface area contributed by atoms with Crippen molar-refractivity contribution in [1.82, 2.24) is 5.32 Å². The molecule has 0 atom stereocenters. The van der Waals surface area contributed by atoms with E-state index in [1.165, 1.54) is 0 Å². The van der Waals surface area contributed by atoms with Gasteiger partial charge < -0.3 is 10.4 Å². The third kappa shape index (κ3) is 10.3. The van der Waals surface area contributed by atoms with Gasteiger partial charge in [0.1, 0.15) is 0 Å². The maximum Gasteiger partial charge on any atom is 0.303 e. The van der Waals surface area contributed by atoms with Gasteiger partial charge in [-0.1, -0.05) is 13.8 Å². The van der Waals surface area contributed by atoms with Crippen LogP contribution in [-0.2, 0) is 14.4 Å². The van der Waals surface area contributed by atoms with Crippen LogP contribution in [0, 0.1) is 18.8 Å². The summed E-state index contributed by atoms with van der Waals surface area (Å²) in [5.74, 6) is -1.60. The van der Waals surface area contributed by atoms with E-state index in [2.05, 4.69) is 18.2 Å². The van der Waals surface area contributed by atoms with Crippen LogP contribution in [-0.4, -0.2) is 29.3 Å². The van der Waals surface area contributed by atoms with Crippen molar-refractivity contribution in [2.24, 2.45) is 5.92 Å². The molecule has 0 fully saturated rings. The maximum atomic E-state index is 11.1. The topological polar surface area (TPSA) is 83.5 Å². The zero-order chi connectivity index (χ0) is 13.1. The molecule has 0 aromatic rings. The van der Waals surface area contributed by atoms with Crippen LogP contribution >= 0.6 is 0 Å². The number of terminal acetylenes is 1. The van der Waals surface area contributed by atoms with Gasteiger partial charge in [-0.2, -0.15) is 0 Å². The molecule has 1 amide bonds. The summed E-state index contributed by atoms with van der Waals surface area (Å²) in [6.07, 6.45) is 7.71. The zero-order valence-electron chi connectivity index (χ0n) is 9.53. The number of carbonyl (C=O) groups excluding carboxylic acids is 2. The normalized spacial score (nSPS) is 8.81. The molecule has 0 aromatic heterocycles. The molecule has 0 aliphatic rings. The molecule has 16 heavy (non-hydrogen) atoms. The number of nitrogens with one attached hydrogen (secondary N) is 1. The van der Waals surface area contributed by atoms with Crippen molar-refractivity contribution < 1.29 is 19.5 Å². The highest BCUT2D eigenvalue weighted by Crippen LogP contribution is 1.93. The van der Waals surface area contributed by atoms with Gasteiger partial charge in [0, 0.05) is 12.3 Å². The molecular formula is C11H17NO4. The number of ketones is 1. The Hall–Kier alpha value is -1.83. The summed E-state index contributed by atoms with van der Waals surface area (Å²) in [5, 5.41) is 10.6. The highest BCUT2D eigenvalue weighted by Gasteiger charge is 2.09. The molecule has 90 valence electrons. The van der Waals surface area contributed by atoms with Crippen molar-refractivity contribution in [3.63, 3.8) is 0 Å². The van der Waals surface area contributed by atoms with Crippen LogP contribution in [0.2, 0.25) is 0 Å². The van der Waals surface area contributed by atoms with E-state index < -0.39 is 11.9 Å². The fraction of sp³-hybridized carbons (Fsp3) is 0.545. The molecule has 0 aromatic carbocycles. The highest BCUT2D eigenvalue weighted by atomic mass is 16.4. The second-order valence-corrected chi connectivity index (χ2v) is 3.29. The van der Waals surface area contributed by atoms with Crippen LogP contribution in [0.5, 0.6) is 0 Å². The standard InChI is InChI=1S/C9H15NO4.C2H2/c1-6(2)7(11)5-10-8(12)3-4-9(13)14;1-2/h6H,3-5H2,1-2H3,(H,10,12)(H,13,14);1-2H. The van der Waals surface area contributed by atoms with E-state index in [1.54, 1.807) is 13.8 Å². The van der Waals surface area contributed by atoms with Gasteiger partial charge in [0.2, 0.25) is 5.91 Å². The predicted octanol–water partition coefficient (Wildman–Crippen LogP) is 0.442. The van der Waals surface area contributed by atoms with Gasteiger partial charge in [0.25, 0.3) is 0 Å². The summed E-state index contributed by atoms with van der Waals surface area (Å²) in [5.41, 5.74) is 0. The molecule has 0 heterocycles. The van der Waals surface area contributed by atoms with Gasteiger partial charge in [-0.15, -0.1) is 12.8 Å². The quantitative estimate of drug-likeness (QED) is 0.645. The number of amides is 1. The summed E-state index contributed by atoms with van der Waals surface area (Å²) in [6.45, 7) is 3.47. The monoisotopic (exact) mass is 227 g/mol. The third-order valence-electron chi connectivity index (χ3n) is 1.67. The van der Waals surface area contributed by atoms with E-state index in [0.29, 0.717) is 0 Å². The first-order valence-electron chi connectivity index (χ1n) is 4.78. The van der Waals surface area contributed by atoms with E-state index in [-0.39, 0.29) is 31.1 Å². The van der Waals surface area contributed by atoms with Crippen molar-refractivity contribution in [3.05, 3.63) is 0 Å². The number of rotatable bonds is 6. The van der Waals surface area contributed by atoms with Crippen molar-refractivity contribution in [2.75, 3.05) is 6.54 Å². The largest absolute Gasteiger partial charge is 0.481 e. The summed E-state index contributed by atoms with van der Waals surface area (Å²) in [7, 11) is 0. The average Bonchev–Trinajstić information content (AvgIpc) is 2.25. The SMILES string of the molecule is C#C.CC(C)C(=O)CNC(=O)CCC(=O)O. The smallest absolute Gasteiger partial charge is 0.303 e. The minimum absolute atomic E-state index is 0.0177. The minimum Gasteiger partial charge on any atom is -0.481 e. The van der Waals surface area contributed by atoms with Crippen molar-refractivity contribution in [3.8, 4) is 12.8 Å². The highest BCUT2D eigenvalue weighted by molar-refractivity contribution is 5.88. The summed E-state index contributed by atoms with van der Waals surface area (Å²) in [4.78, 5) is 32.1. The number of hydrogen-bond donors (Lipinski definition) is 2. The number of aliphatic carboxylic acids is 1. The Morgan fingerprint density at radius 2 is 1.69 bits per heavy atom. The molecule has 0 aliphatic heterocycles. The van der Waals surface area contributed by atoms with E-state index in [9.17, 15) is 14.4 Å². The first-order valence-corrected chi connectivity index (χ1v) is 4.78. The molecule has 0 rings (SSSR count). The fourth-order valence-corrected chi connectivity index (χ4v) is 0.699. The van der Waals surface area contributed by atoms with Crippen molar-refractivity contribution in [2.45, 2.75) is 26.7 Å². The minimum atomic E-state index is -1.02. The number of carbonyl (C=O) groups is 3. The van der Waals surface area contributed by atoms with Crippen LogP contribution in [0.4, 0.5) is 0 Å². The fourth-order valence-electron chi connectivity index (χ4n) is 0.699. The van der Waals surface area contributed by atoms with Crippen LogP contribution in [0.1, 0.15) is 26.7 Å². The van der Waals surface area contributed by atoms with Gasteiger partial charge in [0.05, 0.1) is 13.0 Å². The lowest BCUT2D eigenvalue weighted by Crippen LogP contribution is -2.31. The van der Waals surface area contributed by atoms with Crippen LogP contribution in [0.3, 0.4) is 0 Å². The lowest BCUT2D eigenvalue weighted by atomic mass is 10.1. The molecule has 0 aliphatic carbocycles. The number of Topliss-reactive ketones (excluding diaryl/α,β-unsaturated/α-hetero) is 1. The van der Waals surface area contributed by atoms with E-state index in [0.717, 1.165) is 0 Å². The van der Waals surface area contributed by atoms with Crippen LogP contribution in [0.25, 0.3) is 0 Å². The average molecular weight is 227 g/mol.